The van der Waals surface area contributed by atoms with Gasteiger partial charge in [0.2, 0.25) is 0 Å². The van der Waals surface area contributed by atoms with Gasteiger partial charge in [0.15, 0.2) is 0 Å². The smallest absolute Gasteiger partial charge is 0.126 e. The van der Waals surface area contributed by atoms with E-state index in [1.54, 1.807) is 19.1 Å². The van der Waals surface area contributed by atoms with Crippen molar-refractivity contribution in [2.24, 2.45) is 0 Å². The lowest BCUT2D eigenvalue weighted by atomic mass is 10.0. The van der Waals surface area contributed by atoms with E-state index in [4.69, 9.17) is 0 Å². The Morgan fingerprint density at radius 3 is 2.67 bits per heavy atom. The molecule has 0 saturated carbocycles. The molecule has 4 atom stereocenters. The van der Waals surface area contributed by atoms with Crippen LogP contribution in [0, 0.1) is 12.7 Å². The summed E-state index contributed by atoms with van der Waals surface area (Å²) in [6, 6.07) is 4.90. The summed E-state index contributed by atoms with van der Waals surface area (Å²) in [6.45, 7) is 6.17. The van der Waals surface area contributed by atoms with Crippen molar-refractivity contribution in [3.63, 3.8) is 0 Å². The van der Waals surface area contributed by atoms with Gasteiger partial charge in [0.25, 0.3) is 0 Å². The average molecular weight is 286 g/mol. The summed E-state index contributed by atoms with van der Waals surface area (Å²) in [5.41, 5.74) is 1.43. The van der Waals surface area contributed by atoms with E-state index in [9.17, 15) is 9.50 Å². The van der Waals surface area contributed by atoms with Crippen molar-refractivity contribution in [2.45, 2.75) is 42.6 Å². The molecular weight excluding hydrogens is 267 g/mol. The molecule has 1 aliphatic rings. The number of rotatable bonds is 2. The maximum Gasteiger partial charge on any atom is 0.126 e. The molecule has 100 valence electrons. The molecule has 0 amide bonds. The van der Waals surface area contributed by atoms with Crippen LogP contribution in [-0.4, -0.2) is 26.6 Å². The lowest BCUT2D eigenvalue weighted by Gasteiger charge is -2.34. The van der Waals surface area contributed by atoms with E-state index in [0.717, 1.165) is 11.3 Å². The quantitative estimate of drug-likeness (QED) is 0.893. The molecule has 1 aromatic carbocycles. The van der Waals surface area contributed by atoms with Gasteiger partial charge in [0.1, 0.15) is 5.82 Å². The summed E-state index contributed by atoms with van der Waals surface area (Å²) in [4.78, 5) is 0. The summed E-state index contributed by atoms with van der Waals surface area (Å²) in [5.74, 6) is 0.743. The van der Waals surface area contributed by atoms with Gasteiger partial charge in [-0.2, -0.15) is 23.5 Å². The minimum absolute atomic E-state index is 0.200. The Kier molecular flexibility index (Phi) is 4.62. The third kappa shape index (κ3) is 3.03. The number of hydrogen-bond donors (Lipinski definition) is 1. The molecule has 1 heterocycles. The highest BCUT2D eigenvalue weighted by Crippen LogP contribution is 2.41. The molecule has 2 rings (SSSR count). The fraction of sp³-hybridized carbons (Fsp3) is 0.571. The van der Waals surface area contributed by atoms with Crippen LogP contribution in [0.5, 0.6) is 0 Å². The number of aliphatic hydroxyl groups excluding tert-OH is 1. The number of benzene rings is 1. The van der Waals surface area contributed by atoms with Crippen LogP contribution in [0.2, 0.25) is 0 Å². The van der Waals surface area contributed by atoms with Crippen molar-refractivity contribution >= 4 is 23.5 Å². The molecule has 1 saturated heterocycles. The second-order valence-electron chi connectivity index (χ2n) is 4.87. The van der Waals surface area contributed by atoms with E-state index < -0.39 is 6.10 Å². The zero-order valence-corrected chi connectivity index (χ0v) is 12.5. The SMILES string of the molecule is Cc1cc(C(O)C2CSC(C)C(C)S2)ccc1F. The number of thioether (sulfide) groups is 2. The first-order valence-corrected chi connectivity index (χ1v) is 8.19. The van der Waals surface area contributed by atoms with Crippen molar-refractivity contribution < 1.29 is 9.50 Å². The predicted octanol–water partition coefficient (Wildman–Crippen LogP) is 3.79. The van der Waals surface area contributed by atoms with Gasteiger partial charge < -0.3 is 5.11 Å². The summed E-state index contributed by atoms with van der Waals surface area (Å²) >= 11 is 3.75. The Morgan fingerprint density at radius 1 is 1.33 bits per heavy atom. The Labute approximate surface area is 117 Å². The summed E-state index contributed by atoms with van der Waals surface area (Å²) in [5, 5.41) is 11.8. The molecule has 1 aliphatic heterocycles. The van der Waals surface area contributed by atoms with Gasteiger partial charge in [-0.05, 0) is 24.1 Å². The highest BCUT2D eigenvalue weighted by molar-refractivity contribution is 8.07. The van der Waals surface area contributed by atoms with Crippen LogP contribution in [0.25, 0.3) is 0 Å². The largest absolute Gasteiger partial charge is 0.387 e. The third-order valence-electron chi connectivity index (χ3n) is 3.45. The first kappa shape index (κ1) is 14.2. The molecule has 1 N–H and O–H groups in total. The van der Waals surface area contributed by atoms with Crippen LogP contribution >= 0.6 is 23.5 Å². The number of aliphatic hydroxyl groups is 1. The summed E-state index contributed by atoms with van der Waals surface area (Å²) in [7, 11) is 0. The maximum absolute atomic E-state index is 13.2. The van der Waals surface area contributed by atoms with Crippen molar-refractivity contribution in [3.05, 3.63) is 35.1 Å². The van der Waals surface area contributed by atoms with Crippen LogP contribution in [0.15, 0.2) is 18.2 Å². The highest BCUT2D eigenvalue weighted by atomic mass is 32.2. The lowest BCUT2D eigenvalue weighted by Crippen LogP contribution is -2.30. The summed E-state index contributed by atoms with van der Waals surface area (Å²) < 4.78 is 13.2. The fourth-order valence-corrected chi connectivity index (χ4v) is 5.04. The molecule has 1 nitrogen and oxygen atoms in total. The van der Waals surface area contributed by atoms with Crippen LogP contribution in [0.1, 0.15) is 31.1 Å². The van der Waals surface area contributed by atoms with E-state index in [1.165, 1.54) is 6.07 Å². The zero-order valence-electron chi connectivity index (χ0n) is 10.9. The van der Waals surface area contributed by atoms with E-state index in [1.807, 2.05) is 23.5 Å². The minimum atomic E-state index is -0.503. The van der Waals surface area contributed by atoms with E-state index in [-0.39, 0.29) is 11.1 Å². The highest BCUT2D eigenvalue weighted by Gasteiger charge is 2.31. The molecule has 1 fully saturated rings. The number of hydrogen-bond acceptors (Lipinski definition) is 3. The van der Waals surface area contributed by atoms with Gasteiger partial charge in [-0.1, -0.05) is 26.0 Å². The molecule has 0 radical (unpaired) electrons. The molecule has 0 aromatic heterocycles. The first-order chi connectivity index (χ1) is 8.49. The summed E-state index contributed by atoms with van der Waals surface area (Å²) in [6.07, 6.45) is -0.503. The van der Waals surface area contributed by atoms with Gasteiger partial charge in [-0.25, -0.2) is 4.39 Å². The van der Waals surface area contributed by atoms with Gasteiger partial charge >= 0.3 is 0 Å². The van der Waals surface area contributed by atoms with Crippen molar-refractivity contribution in [1.82, 2.24) is 0 Å². The molecule has 0 aliphatic carbocycles. The van der Waals surface area contributed by atoms with Crippen molar-refractivity contribution in [1.29, 1.82) is 0 Å². The topological polar surface area (TPSA) is 20.2 Å². The molecule has 4 heteroatoms. The molecular formula is C14H19FOS2. The van der Waals surface area contributed by atoms with Gasteiger partial charge in [-0.15, -0.1) is 0 Å². The Bertz CT molecular complexity index is 424. The van der Waals surface area contributed by atoms with E-state index in [0.29, 0.717) is 16.1 Å². The maximum atomic E-state index is 13.2. The Morgan fingerprint density at radius 2 is 2.06 bits per heavy atom. The van der Waals surface area contributed by atoms with Gasteiger partial charge in [0, 0.05) is 21.5 Å². The van der Waals surface area contributed by atoms with Crippen LogP contribution in [0.3, 0.4) is 0 Å². The standard InChI is InChI=1S/C14H19FOS2/c1-8-6-11(4-5-12(8)15)14(16)13-7-17-9(2)10(3)18-13/h4-6,9-10,13-14,16H,7H2,1-3H3. The number of aryl methyl sites for hydroxylation is 1. The van der Waals surface area contributed by atoms with Crippen molar-refractivity contribution in [2.75, 3.05) is 5.75 Å². The normalized spacial score (nSPS) is 30.2. The molecule has 1 aromatic rings. The van der Waals surface area contributed by atoms with Gasteiger partial charge in [0.05, 0.1) is 6.10 Å². The van der Waals surface area contributed by atoms with E-state index >= 15 is 0 Å². The lowest BCUT2D eigenvalue weighted by molar-refractivity contribution is 0.180. The fourth-order valence-electron chi connectivity index (χ4n) is 2.04. The minimum Gasteiger partial charge on any atom is -0.387 e. The second-order valence-corrected chi connectivity index (χ2v) is 7.90. The first-order valence-electron chi connectivity index (χ1n) is 6.20. The van der Waals surface area contributed by atoms with Crippen molar-refractivity contribution in [3.8, 4) is 0 Å². The van der Waals surface area contributed by atoms with Crippen LogP contribution < -0.4 is 0 Å². The van der Waals surface area contributed by atoms with Crippen LogP contribution in [0.4, 0.5) is 4.39 Å². The molecule has 0 spiro atoms. The average Bonchev–Trinajstić information content (AvgIpc) is 2.35. The molecule has 4 unspecified atom stereocenters. The number of halogens is 1. The Balaban J connectivity index is 2.11. The molecule has 0 bridgehead atoms. The monoisotopic (exact) mass is 286 g/mol. The van der Waals surface area contributed by atoms with Crippen LogP contribution in [-0.2, 0) is 0 Å². The third-order valence-corrected chi connectivity index (χ3v) is 6.93. The predicted molar refractivity (Wildman–Crippen MR) is 78.9 cm³/mol. The second kappa shape index (κ2) is 5.85. The molecule has 18 heavy (non-hydrogen) atoms. The zero-order chi connectivity index (χ0) is 13.3. The van der Waals surface area contributed by atoms with E-state index in [2.05, 4.69) is 13.8 Å². The Hall–Kier alpha value is -0.190. The van der Waals surface area contributed by atoms with Gasteiger partial charge in [-0.3, -0.25) is 0 Å².